The number of carbonyl (C=O) groups is 1. The molecule has 132 valence electrons. The van der Waals surface area contributed by atoms with Gasteiger partial charge in [0.25, 0.3) is 0 Å². The summed E-state index contributed by atoms with van der Waals surface area (Å²) in [5, 5.41) is 2.08. The Kier molecular flexibility index (Phi) is 4.34. The zero-order valence-electron chi connectivity index (χ0n) is 15.2. The van der Waals surface area contributed by atoms with E-state index in [1.54, 1.807) is 11.3 Å². The van der Waals surface area contributed by atoms with Gasteiger partial charge in [0.05, 0.1) is 22.8 Å². The lowest BCUT2D eigenvalue weighted by Gasteiger charge is -2.19. The van der Waals surface area contributed by atoms with E-state index in [0.29, 0.717) is 0 Å². The number of aromatic nitrogens is 2. The fourth-order valence-corrected chi connectivity index (χ4v) is 4.48. The molecule has 2 heterocycles. The van der Waals surface area contributed by atoms with Crippen LogP contribution in [0, 0.1) is 6.92 Å². The summed E-state index contributed by atoms with van der Waals surface area (Å²) in [4.78, 5) is 22.4. The number of carbonyl (C=O) groups excluding carboxylic acids is 1. The fraction of sp³-hybridized carbons (Fsp3) is 0.238. The minimum atomic E-state index is -0.139. The van der Waals surface area contributed by atoms with Crippen LogP contribution in [0.4, 0.5) is 0 Å². The summed E-state index contributed by atoms with van der Waals surface area (Å²) in [7, 11) is 2.07. The molecule has 0 aliphatic carbocycles. The molecule has 0 radical (unpaired) electrons. The highest BCUT2D eigenvalue weighted by Crippen LogP contribution is 2.23. The van der Waals surface area contributed by atoms with E-state index in [1.165, 1.54) is 4.70 Å². The molecular weight excluding hydrogens is 342 g/mol. The molecule has 0 saturated heterocycles. The van der Waals surface area contributed by atoms with E-state index in [0.717, 1.165) is 44.1 Å². The molecule has 2 aromatic carbocycles. The number of nitrogens with one attached hydrogen (secondary N) is 2. The molecule has 5 heteroatoms. The lowest BCUT2D eigenvalue weighted by molar-refractivity contribution is -0.907. The van der Waals surface area contributed by atoms with Crippen LogP contribution in [-0.2, 0) is 6.54 Å². The number of aryl methyl sites for hydroxylation is 1. The molecule has 1 unspecified atom stereocenters. The molecule has 2 N–H and O–H groups in total. The van der Waals surface area contributed by atoms with Crippen LogP contribution in [0.2, 0.25) is 0 Å². The number of para-hydroxylation sites is 2. The minimum Gasteiger partial charge on any atom is -0.358 e. The molecule has 2 aromatic heterocycles. The van der Waals surface area contributed by atoms with Gasteiger partial charge in [0.2, 0.25) is 5.78 Å². The van der Waals surface area contributed by atoms with Gasteiger partial charge < -0.3 is 9.88 Å². The highest BCUT2D eigenvalue weighted by atomic mass is 32.1. The number of quaternary nitrogens is 1. The maximum absolute atomic E-state index is 13.2. The second kappa shape index (κ2) is 6.67. The van der Waals surface area contributed by atoms with Crippen molar-refractivity contribution in [1.29, 1.82) is 0 Å². The van der Waals surface area contributed by atoms with Gasteiger partial charge in [0, 0.05) is 16.6 Å². The van der Waals surface area contributed by atoms with E-state index in [2.05, 4.69) is 18.1 Å². The largest absolute Gasteiger partial charge is 0.358 e. The van der Waals surface area contributed by atoms with Gasteiger partial charge in [-0.15, -0.1) is 11.3 Å². The Morgan fingerprint density at radius 1 is 1.19 bits per heavy atom. The van der Waals surface area contributed by atoms with Crippen LogP contribution in [0.25, 0.3) is 21.1 Å². The number of thiazole rings is 1. The maximum atomic E-state index is 13.2. The number of hydrogen-bond donors (Lipinski definition) is 2. The van der Waals surface area contributed by atoms with Crippen LogP contribution >= 0.6 is 11.3 Å². The van der Waals surface area contributed by atoms with Crippen LogP contribution in [0.15, 0.2) is 48.5 Å². The molecule has 0 bridgehead atoms. The quantitative estimate of drug-likeness (QED) is 0.534. The summed E-state index contributed by atoms with van der Waals surface area (Å²) >= 11 is 1.71. The third kappa shape index (κ3) is 2.93. The number of H-pyrrole nitrogens is 1. The molecule has 4 aromatic rings. The van der Waals surface area contributed by atoms with Gasteiger partial charge in [-0.25, -0.2) is 4.98 Å². The van der Waals surface area contributed by atoms with Gasteiger partial charge >= 0.3 is 0 Å². The van der Waals surface area contributed by atoms with E-state index < -0.39 is 0 Å². The minimum absolute atomic E-state index is 0.139. The SMILES string of the molecule is Cc1[nH]c2ccccc2c1C(=O)[C@@H](C)[NH+](C)Cc1nc2ccccc2s1. The van der Waals surface area contributed by atoms with Crippen molar-refractivity contribution in [3.8, 4) is 0 Å². The van der Waals surface area contributed by atoms with Gasteiger partial charge in [0.15, 0.2) is 0 Å². The summed E-state index contributed by atoms with van der Waals surface area (Å²) in [6, 6.07) is 16.0. The molecule has 0 aliphatic heterocycles. The smallest absolute Gasteiger partial charge is 0.222 e. The Labute approximate surface area is 156 Å². The van der Waals surface area contributed by atoms with Crippen molar-refractivity contribution in [3.05, 3.63) is 64.8 Å². The molecule has 0 fully saturated rings. The number of rotatable bonds is 5. The third-order valence-corrected chi connectivity index (χ3v) is 6.08. The Bertz CT molecular complexity index is 1060. The van der Waals surface area contributed by atoms with Crippen molar-refractivity contribution < 1.29 is 9.69 Å². The van der Waals surface area contributed by atoms with Crippen molar-refractivity contribution >= 4 is 38.2 Å². The number of likely N-dealkylation sites (N-methyl/N-ethyl adjacent to an activating group) is 1. The number of hydrogen-bond acceptors (Lipinski definition) is 3. The number of fused-ring (bicyclic) bond motifs is 2. The van der Waals surface area contributed by atoms with Crippen LogP contribution in [0.3, 0.4) is 0 Å². The van der Waals surface area contributed by atoms with Crippen molar-refractivity contribution in [2.75, 3.05) is 7.05 Å². The predicted octanol–water partition coefficient (Wildman–Crippen LogP) is 3.37. The Morgan fingerprint density at radius 2 is 1.92 bits per heavy atom. The first-order valence-corrected chi connectivity index (χ1v) is 9.64. The van der Waals surface area contributed by atoms with Crippen molar-refractivity contribution in [1.82, 2.24) is 9.97 Å². The van der Waals surface area contributed by atoms with Crippen molar-refractivity contribution in [3.63, 3.8) is 0 Å². The Balaban J connectivity index is 1.58. The van der Waals surface area contributed by atoms with Crippen LogP contribution < -0.4 is 4.90 Å². The standard InChI is InChI=1S/C21H21N3OS/c1-13-20(15-8-4-5-9-16(15)22-13)21(25)14(2)24(3)12-19-23-17-10-6-7-11-18(17)26-19/h4-11,14,22H,12H2,1-3H3/p+1/t14-/m1/s1. The highest BCUT2D eigenvalue weighted by molar-refractivity contribution is 7.18. The van der Waals surface area contributed by atoms with Crippen molar-refractivity contribution in [2.45, 2.75) is 26.4 Å². The summed E-state index contributed by atoms with van der Waals surface area (Å²) < 4.78 is 1.20. The van der Waals surface area contributed by atoms with E-state index >= 15 is 0 Å². The number of aromatic amines is 1. The molecule has 2 atom stereocenters. The van der Waals surface area contributed by atoms with E-state index in [-0.39, 0.29) is 11.8 Å². The fourth-order valence-electron chi connectivity index (χ4n) is 3.42. The zero-order chi connectivity index (χ0) is 18.3. The van der Waals surface area contributed by atoms with E-state index in [9.17, 15) is 4.79 Å². The number of benzene rings is 2. The van der Waals surface area contributed by atoms with E-state index in [1.807, 2.05) is 56.3 Å². The summed E-state index contributed by atoms with van der Waals surface area (Å²) in [6.45, 7) is 4.72. The maximum Gasteiger partial charge on any atom is 0.222 e. The Hall–Kier alpha value is -2.50. The monoisotopic (exact) mass is 364 g/mol. The molecule has 0 spiro atoms. The molecule has 0 saturated carbocycles. The van der Waals surface area contributed by atoms with Gasteiger partial charge in [-0.3, -0.25) is 4.79 Å². The first kappa shape index (κ1) is 16.9. The average Bonchev–Trinajstić information content (AvgIpc) is 3.19. The molecule has 0 amide bonds. The van der Waals surface area contributed by atoms with Crippen LogP contribution in [-0.4, -0.2) is 28.8 Å². The van der Waals surface area contributed by atoms with Gasteiger partial charge in [-0.05, 0) is 32.0 Å². The molecule has 0 aliphatic rings. The zero-order valence-corrected chi connectivity index (χ0v) is 16.0. The second-order valence-electron chi connectivity index (χ2n) is 6.85. The molecule has 4 nitrogen and oxygen atoms in total. The van der Waals surface area contributed by atoms with Gasteiger partial charge in [-0.2, -0.15) is 0 Å². The highest BCUT2D eigenvalue weighted by Gasteiger charge is 2.27. The number of nitrogens with zero attached hydrogens (tertiary/aromatic N) is 1. The molecule has 26 heavy (non-hydrogen) atoms. The number of Topliss-reactive ketones (excluding diaryl/α,β-unsaturated/α-hetero) is 1. The van der Waals surface area contributed by atoms with E-state index in [4.69, 9.17) is 4.98 Å². The summed E-state index contributed by atoms with van der Waals surface area (Å²) in [5.41, 5.74) is 3.81. The van der Waals surface area contributed by atoms with Gasteiger partial charge in [0.1, 0.15) is 17.6 Å². The van der Waals surface area contributed by atoms with Crippen LogP contribution in [0.1, 0.15) is 28.0 Å². The average molecular weight is 364 g/mol. The number of ketones is 1. The molecular formula is C21H22N3OS+. The predicted molar refractivity (Wildman–Crippen MR) is 107 cm³/mol. The first-order chi connectivity index (χ1) is 12.5. The van der Waals surface area contributed by atoms with Crippen molar-refractivity contribution in [2.24, 2.45) is 0 Å². The topological polar surface area (TPSA) is 50.2 Å². The summed E-state index contributed by atoms with van der Waals surface area (Å²) in [6.07, 6.45) is 0. The lowest BCUT2D eigenvalue weighted by Crippen LogP contribution is -3.12. The van der Waals surface area contributed by atoms with Crippen LogP contribution in [0.5, 0.6) is 0 Å². The Morgan fingerprint density at radius 3 is 2.73 bits per heavy atom. The lowest BCUT2D eigenvalue weighted by atomic mass is 10.0. The normalized spacial score (nSPS) is 14.0. The second-order valence-corrected chi connectivity index (χ2v) is 7.97. The summed E-state index contributed by atoms with van der Waals surface area (Å²) in [5.74, 6) is 0.179. The third-order valence-electron chi connectivity index (χ3n) is 5.04. The first-order valence-electron chi connectivity index (χ1n) is 8.83. The van der Waals surface area contributed by atoms with Gasteiger partial charge in [-0.1, -0.05) is 30.3 Å². The molecule has 4 rings (SSSR count).